The quantitative estimate of drug-likeness (QED) is 0.841. The van der Waals surface area contributed by atoms with Gasteiger partial charge in [-0.2, -0.15) is 0 Å². The predicted octanol–water partition coefficient (Wildman–Crippen LogP) is 2.61. The summed E-state index contributed by atoms with van der Waals surface area (Å²) in [4.78, 5) is 6.60. The summed E-state index contributed by atoms with van der Waals surface area (Å²) in [7, 11) is 2.08. The lowest BCUT2D eigenvalue weighted by Gasteiger charge is -2.18. The first kappa shape index (κ1) is 15.3. The Morgan fingerprint density at radius 1 is 1.33 bits per heavy atom. The van der Waals surface area contributed by atoms with Gasteiger partial charge in [-0.15, -0.1) is 24.0 Å². The monoisotopic (exact) mass is 359 g/mol. The van der Waals surface area contributed by atoms with Crippen molar-refractivity contribution in [3.63, 3.8) is 0 Å². The summed E-state index contributed by atoms with van der Waals surface area (Å²) in [6.45, 7) is 7.24. The molecule has 0 amide bonds. The fourth-order valence-electron chi connectivity index (χ4n) is 1.98. The van der Waals surface area contributed by atoms with Crippen LogP contribution in [0.5, 0.6) is 0 Å². The third-order valence-electron chi connectivity index (χ3n) is 3.27. The van der Waals surface area contributed by atoms with Gasteiger partial charge in [0.15, 0.2) is 5.96 Å². The summed E-state index contributed by atoms with van der Waals surface area (Å²) in [6.07, 6.45) is 0. The van der Waals surface area contributed by atoms with Crippen molar-refractivity contribution in [1.82, 2.24) is 10.2 Å². The fourth-order valence-corrected chi connectivity index (χ4v) is 1.98. The molecule has 0 saturated carbocycles. The lowest BCUT2D eigenvalue weighted by atomic mass is 10.0. The van der Waals surface area contributed by atoms with Gasteiger partial charge in [0.25, 0.3) is 0 Å². The van der Waals surface area contributed by atoms with Crippen LogP contribution in [0.1, 0.15) is 24.0 Å². The van der Waals surface area contributed by atoms with Gasteiger partial charge in [-0.05, 0) is 18.4 Å². The molecule has 18 heavy (non-hydrogen) atoms. The van der Waals surface area contributed by atoms with Crippen molar-refractivity contribution in [2.75, 3.05) is 26.7 Å². The van der Waals surface area contributed by atoms with Crippen molar-refractivity contribution >= 4 is 29.9 Å². The number of likely N-dealkylation sites (N-methyl/N-ethyl adjacent to an activating group) is 1. The Morgan fingerprint density at radius 3 is 2.56 bits per heavy atom. The molecule has 1 aromatic carbocycles. The molecule has 0 aliphatic carbocycles. The summed E-state index contributed by atoms with van der Waals surface area (Å²) >= 11 is 0. The van der Waals surface area contributed by atoms with E-state index >= 15 is 0 Å². The predicted molar refractivity (Wildman–Crippen MR) is 87.9 cm³/mol. The lowest BCUT2D eigenvalue weighted by molar-refractivity contribution is 0.529. The van der Waals surface area contributed by atoms with Crippen LogP contribution >= 0.6 is 24.0 Å². The number of guanidine groups is 1. The molecular formula is C14H22IN3. The number of rotatable bonds is 3. The average Bonchev–Trinajstić information content (AvgIpc) is 2.73. The van der Waals surface area contributed by atoms with Crippen LogP contribution in [-0.2, 0) is 0 Å². The first-order valence-electron chi connectivity index (χ1n) is 6.23. The van der Waals surface area contributed by atoms with Crippen molar-refractivity contribution < 1.29 is 0 Å². The maximum atomic E-state index is 4.43. The molecule has 100 valence electrons. The molecule has 4 heteroatoms. The van der Waals surface area contributed by atoms with Crippen molar-refractivity contribution in [2.45, 2.75) is 19.8 Å². The number of hydrogen-bond donors (Lipinski definition) is 1. The Balaban J connectivity index is 0.00000162. The standard InChI is InChI=1S/C14H21N3.HI/c1-11-4-6-13(7-5-11)12(2)10-16-14-15-8-9-17(14)3;/h4-7,12H,8-10H2,1-3H3,(H,15,16);1H. The normalized spacial score (nSPS) is 15.9. The van der Waals surface area contributed by atoms with Gasteiger partial charge in [-0.3, -0.25) is 4.99 Å². The summed E-state index contributed by atoms with van der Waals surface area (Å²) in [5.41, 5.74) is 2.69. The molecule has 1 heterocycles. The molecule has 0 spiro atoms. The largest absolute Gasteiger partial charge is 0.356 e. The second-order valence-corrected chi connectivity index (χ2v) is 4.82. The van der Waals surface area contributed by atoms with Crippen LogP contribution < -0.4 is 5.32 Å². The van der Waals surface area contributed by atoms with Gasteiger partial charge in [0, 0.05) is 20.1 Å². The second-order valence-electron chi connectivity index (χ2n) is 4.82. The van der Waals surface area contributed by atoms with Crippen molar-refractivity contribution in [3.8, 4) is 0 Å². The van der Waals surface area contributed by atoms with Gasteiger partial charge in [-0.25, -0.2) is 0 Å². The van der Waals surface area contributed by atoms with E-state index in [-0.39, 0.29) is 24.0 Å². The van der Waals surface area contributed by atoms with Gasteiger partial charge in [0.05, 0.1) is 6.54 Å². The molecule has 1 N–H and O–H groups in total. The van der Waals surface area contributed by atoms with Gasteiger partial charge >= 0.3 is 0 Å². The Morgan fingerprint density at radius 2 is 2.00 bits per heavy atom. The molecule has 1 aliphatic heterocycles. The highest BCUT2D eigenvalue weighted by Crippen LogP contribution is 2.14. The molecule has 0 aromatic heterocycles. The van der Waals surface area contributed by atoms with Gasteiger partial charge in [0.1, 0.15) is 0 Å². The van der Waals surface area contributed by atoms with Crippen molar-refractivity contribution in [2.24, 2.45) is 4.99 Å². The third-order valence-corrected chi connectivity index (χ3v) is 3.27. The van der Waals surface area contributed by atoms with Crippen LogP contribution in [0.4, 0.5) is 0 Å². The summed E-state index contributed by atoms with van der Waals surface area (Å²) in [5.74, 6) is 1.54. The smallest absolute Gasteiger partial charge is 0.193 e. The van der Waals surface area contributed by atoms with E-state index in [0.29, 0.717) is 5.92 Å². The average molecular weight is 359 g/mol. The van der Waals surface area contributed by atoms with Gasteiger partial charge < -0.3 is 10.2 Å². The zero-order valence-corrected chi connectivity index (χ0v) is 13.6. The third kappa shape index (κ3) is 3.86. The van der Waals surface area contributed by atoms with E-state index in [4.69, 9.17) is 0 Å². The van der Waals surface area contributed by atoms with Crippen LogP contribution in [0.2, 0.25) is 0 Å². The van der Waals surface area contributed by atoms with Crippen LogP contribution in [0.25, 0.3) is 0 Å². The molecule has 2 rings (SSSR count). The first-order chi connectivity index (χ1) is 8.16. The van der Waals surface area contributed by atoms with E-state index in [1.165, 1.54) is 11.1 Å². The summed E-state index contributed by atoms with van der Waals surface area (Å²) < 4.78 is 0. The number of hydrogen-bond acceptors (Lipinski definition) is 3. The zero-order valence-electron chi connectivity index (χ0n) is 11.3. The summed E-state index contributed by atoms with van der Waals surface area (Å²) in [6, 6.07) is 8.76. The molecule has 1 aliphatic rings. The molecule has 3 nitrogen and oxygen atoms in total. The van der Waals surface area contributed by atoms with E-state index in [1.54, 1.807) is 0 Å². The molecule has 1 aromatic rings. The fraction of sp³-hybridized carbons (Fsp3) is 0.500. The molecule has 0 radical (unpaired) electrons. The van der Waals surface area contributed by atoms with Crippen LogP contribution in [-0.4, -0.2) is 37.5 Å². The van der Waals surface area contributed by atoms with E-state index < -0.39 is 0 Å². The molecule has 0 saturated heterocycles. The van der Waals surface area contributed by atoms with Crippen molar-refractivity contribution in [1.29, 1.82) is 0 Å². The maximum absolute atomic E-state index is 4.43. The van der Waals surface area contributed by atoms with E-state index in [0.717, 1.165) is 25.6 Å². The highest BCUT2D eigenvalue weighted by molar-refractivity contribution is 14.0. The minimum Gasteiger partial charge on any atom is -0.356 e. The number of aryl methyl sites for hydroxylation is 1. The zero-order chi connectivity index (χ0) is 12.3. The molecule has 0 fully saturated rings. The van der Waals surface area contributed by atoms with E-state index in [9.17, 15) is 0 Å². The van der Waals surface area contributed by atoms with Gasteiger partial charge in [-0.1, -0.05) is 36.8 Å². The van der Waals surface area contributed by atoms with Gasteiger partial charge in [0.2, 0.25) is 0 Å². The van der Waals surface area contributed by atoms with E-state index in [2.05, 4.69) is 60.4 Å². The summed E-state index contributed by atoms with van der Waals surface area (Å²) in [5, 5.41) is 3.42. The lowest BCUT2D eigenvalue weighted by Crippen LogP contribution is -2.37. The SMILES string of the molecule is Cc1ccc(C(C)CNC2=NCCN2C)cc1.I. The highest BCUT2D eigenvalue weighted by atomic mass is 127. The molecular weight excluding hydrogens is 337 g/mol. The van der Waals surface area contributed by atoms with Crippen LogP contribution in [0, 0.1) is 6.92 Å². The van der Waals surface area contributed by atoms with Crippen molar-refractivity contribution in [3.05, 3.63) is 35.4 Å². The maximum Gasteiger partial charge on any atom is 0.193 e. The number of aliphatic imine (C=N–C) groups is 1. The second kappa shape index (κ2) is 6.97. The Hall–Kier alpha value is -0.780. The van der Waals surface area contributed by atoms with E-state index in [1.807, 2.05) is 0 Å². The topological polar surface area (TPSA) is 27.6 Å². The molecule has 0 bridgehead atoms. The minimum atomic E-state index is 0. The Kier molecular flexibility index (Phi) is 5.91. The highest BCUT2D eigenvalue weighted by Gasteiger charge is 2.13. The molecule has 1 unspecified atom stereocenters. The first-order valence-corrected chi connectivity index (χ1v) is 6.23. The number of halogens is 1. The van der Waals surface area contributed by atoms with Crippen LogP contribution in [0.3, 0.4) is 0 Å². The number of nitrogens with one attached hydrogen (secondary N) is 1. The Bertz CT molecular complexity index is 400. The van der Waals surface area contributed by atoms with Crippen LogP contribution in [0.15, 0.2) is 29.3 Å². The minimum absolute atomic E-state index is 0. The number of nitrogens with zero attached hydrogens (tertiary/aromatic N) is 2. The Labute approximate surface area is 127 Å². The molecule has 1 atom stereocenters. The number of benzene rings is 1.